The van der Waals surface area contributed by atoms with Crippen molar-refractivity contribution >= 4 is 66.2 Å². The lowest BCUT2D eigenvalue weighted by atomic mass is 10.3. The van der Waals surface area contributed by atoms with Crippen molar-refractivity contribution in [2.45, 2.75) is 16.7 Å². The van der Waals surface area contributed by atoms with Crippen LogP contribution in [0.2, 0.25) is 10.0 Å². The summed E-state index contributed by atoms with van der Waals surface area (Å²) in [7, 11) is -8.15. The van der Waals surface area contributed by atoms with Gasteiger partial charge in [-0.25, -0.2) is 16.8 Å². The molecule has 0 radical (unpaired) electrons. The van der Waals surface area contributed by atoms with Crippen LogP contribution in [0.5, 0.6) is 5.75 Å². The van der Waals surface area contributed by atoms with E-state index in [1.165, 1.54) is 60.7 Å². The number of nitrogens with one attached hydrogen (secondary N) is 2. The molecule has 41 heavy (non-hydrogen) atoms. The normalized spacial score (nSPS) is 11.5. The monoisotopic (exact) mass is 633 g/mol. The van der Waals surface area contributed by atoms with E-state index in [4.69, 9.17) is 27.9 Å². The minimum Gasteiger partial charge on any atom is -0.492 e. The summed E-state index contributed by atoms with van der Waals surface area (Å²) in [6, 6.07) is 23.8. The molecule has 0 saturated carbocycles. The highest BCUT2D eigenvalue weighted by Gasteiger charge is 2.29. The number of ether oxygens (including phenoxy) is 1. The molecule has 214 valence electrons. The second-order valence-corrected chi connectivity index (χ2v) is 13.0. The van der Waals surface area contributed by atoms with Gasteiger partial charge in [0.25, 0.3) is 20.0 Å². The number of carbonyl (C=O) groups is 1. The molecule has 4 aromatic carbocycles. The van der Waals surface area contributed by atoms with Gasteiger partial charge in [0.05, 0.1) is 27.8 Å². The van der Waals surface area contributed by atoms with E-state index in [2.05, 4.69) is 10.0 Å². The van der Waals surface area contributed by atoms with Crippen molar-refractivity contribution < 1.29 is 26.4 Å². The zero-order valence-electron chi connectivity index (χ0n) is 21.6. The van der Waals surface area contributed by atoms with E-state index < -0.39 is 32.5 Å². The Kier molecular flexibility index (Phi) is 9.44. The van der Waals surface area contributed by atoms with Crippen LogP contribution in [-0.4, -0.2) is 35.9 Å². The smallest absolute Gasteiger partial charge is 0.264 e. The van der Waals surface area contributed by atoms with Gasteiger partial charge in [-0.15, -0.1) is 0 Å². The molecule has 9 nitrogen and oxygen atoms in total. The number of halogens is 2. The lowest BCUT2D eigenvalue weighted by Crippen LogP contribution is -2.38. The van der Waals surface area contributed by atoms with Crippen LogP contribution in [0.3, 0.4) is 0 Å². The Morgan fingerprint density at radius 3 is 2.10 bits per heavy atom. The summed E-state index contributed by atoms with van der Waals surface area (Å²) in [5.41, 5.74) is 0.732. The molecule has 0 aliphatic heterocycles. The van der Waals surface area contributed by atoms with Gasteiger partial charge in [0.1, 0.15) is 12.3 Å². The topological polar surface area (TPSA) is 122 Å². The number of benzene rings is 4. The maximum absolute atomic E-state index is 13.7. The summed E-state index contributed by atoms with van der Waals surface area (Å²) >= 11 is 11.9. The molecule has 2 N–H and O–H groups in total. The fraction of sp³-hybridized carbons (Fsp3) is 0.107. The molecular formula is C28H25Cl2N3O6S2. The molecule has 0 fully saturated rings. The molecule has 0 saturated heterocycles. The molecule has 0 unspecified atom stereocenters. The number of hydrogen-bond donors (Lipinski definition) is 2. The second kappa shape index (κ2) is 12.8. The van der Waals surface area contributed by atoms with E-state index in [0.29, 0.717) is 15.7 Å². The second-order valence-electron chi connectivity index (χ2n) is 8.55. The summed E-state index contributed by atoms with van der Waals surface area (Å²) in [6.07, 6.45) is 0. The third kappa shape index (κ3) is 7.50. The highest BCUT2D eigenvalue weighted by molar-refractivity contribution is 7.93. The summed E-state index contributed by atoms with van der Waals surface area (Å²) in [5.74, 6) is -0.386. The summed E-state index contributed by atoms with van der Waals surface area (Å²) in [5, 5.41) is 3.35. The Morgan fingerprint density at radius 2 is 1.44 bits per heavy atom. The summed E-state index contributed by atoms with van der Waals surface area (Å²) in [6.45, 7) is 1.45. The molecular weight excluding hydrogens is 609 g/mol. The molecule has 4 aromatic rings. The van der Waals surface area contributed by atoms with Crippen LogP contribution in [0.4, 0.5) is 17.1 Å². The highest BCUT2D eigenvalue weighted by atomic mass is 35.5. The number of carbonyl (C=O) groups excluding carboxylic acids is 1. The van der Waals surface area contributed by atoms with Gasteiger partial charge in [-0.3, -0.25) is 13.8 Å². The predicted molar refractivity (Wildman–Crippen MR) is 161 cm³/mol. The molecule has 1 amide bonds. The van der Waals surface area contributed by atoms with Crippen molar-refractivity contribution in [2.75, 3.05) is 27.5 Å². The van der Waals surface area contributed by atoms with Crippen LogP contribution in [0, 0.1) is 0 Å². The Morgan fingerprint density at radius 1 is 0.780 bits per heavy atom. The molecule has 0 heterocycles. The van der Waals surface area contributed by atoms with Gasteiger partial charge in [0.2, 0.25) is 5.91 Å². The largest absolute Gasteiger partial charge is 0.492 e. The van der Waals surface area contributed by atoms with Crippen molar-refractivity contribution in [1.29, 1.82) is 0 Å². The minimum absolute atomic E-state index is 0.0481. The van der Waals surface area contributed by atoms with E-state index in [1.807, 2.05) is 0 Å². The number of hydrogen-bond acceptors (Lipinski definition) is 6. The number of nitrogens with zero attached hydrogens (tertiary/aromatic N) is 1. The quantitative estimate of drug-likeness (QED) is 0.208. The van der Waals surface area contributed by atoms with E-state index in [9.17, 15) is 21.6 Å². The van der Waals surface area contributed by atoms with Crippen molar-refractivity contribution in [1.82, 2.24) is 0 Å². The first kappa shape index (κ1) is 30.2. The molecule has 0 aliphatic carbocycles. The molecule has 0 spiro atoms. The zero-order chi connectivity index (χ0) is 29.6. The number of anilines is 3. The molecule has 13 heteroatoms. The Bertz CT molecular complexity index is 1750. The van der Waals surface area contributed by atoms with Crippen LogP contribution in [0.1, 0.15) is 6.92 Å². The van der Waals surface area contributed by atoms with Gasteiger partial charge in [-0.05, 0) is 85.8 Å². The lowest BCUT2D eigenvalue weighted by molar-refractivity contribution is -0.114. The van der Waals surface area contributed by atoms with Gasteiger partial charge in [0.15, 0.2) is 0 Å². The van der Waals surface area contributed by atoms with Crippen molar-refractivity contribution in [3.8, 4) is 5.75 Å². The van der Waals surface area contributed by atoms with E-state index >= 15 is 0 Å². The number of para-hydroxylation sites is 2. The molecule has 0 atom stereocenters. The van der Waals surface area contributed by atoms with E-state index in [-0.39, 0.29) is 33.5 Å². The average molecular weight is 635 g/mol. The summed E-state index contributed by atoms with van der Waals surface area (Å²) in [4.78, 5) is 13.0. The number of rotatable bonds is 11. The fourth-order valence-electron chi connectivity index (χ4n) is 3.79. The van der Waals surface area contributed by atoms with Gasteiger partial charge in [0, 0.05) is 15.7 Å². The SMILES string of the molecule is CCOc1ccccc1N(CC(=O)Nc1ccc(S(=O)(=O)Nc2cccc(Cl)c2)cc1)S(=O)(=O)c1ccc(Cl)cc1. The lowest BCUT2D eigenvalue weighted by Gasteiger charge is -2.26. The Balaban J connectivity index is 1.57. The maximum atomic E-state index is 13.7. The van der Waals surface area contributed by atoms with Gasteiger partial charge >= 0.3 is 0 Å². The van der Waals surface area contributed by atoms with Gasteiger partial charge < -0.3 is 10.1 Å². The molecule has 0 aromatic heterocycles. The number of sulfonamides is 2. The zero-order valence-corrected chi connectivity index (χ0v) is 24.8. The van der Waals surface area contributed by atoms with Crippen LogP contribution in [0.15, 0.2) is 107 Å². The molecule has 0 aliphatic rings. The minimum atomic E-state index is -4.22. The van der Waals surface area contributed by atoms with Crippen LogP contribution < -0.4 is 19.1 Å². The average Bonchev–Trinajstić information content (AvgIpc) is 2.93. The third-order valence-corrected chi connectivity index (χ3v) is 9.31. The van der Waals surface area contributed by atoms with Gasteiger partial charge in [-0.2, -0.15) is 0 Å². The van der Waals surface area contributed by atoms with Crippen LogP contribution in [-0.2, 0) is 24.8 Å². The first-order valence-electron chi connectivity index (χ1n) is 12.2. The first-order chi connectivity index (χ1) is 19.5. The van der Waals surface area contributed by atoms with Crippen LogP contribution in [0.25, 0.3) is 0 Å². The number of amides is 1. The van der Waals surface area contributed by atoms with Crippen molar-refractivity contribution in [2.24, 2.45) is 0 Å². The van der Waals surface area contributed by atoms with Crippen LogP contribution >= 0.6 is 23.2 Å². The molecule has 0 bridgehead atoms. The Hall–Kier alpha value is -3.77. The van der Waals surface area contributed by atoms with Gasteiger partial charge in [-0.1, -0.05) is 41.4 Å². The maximum Gasteiger partial charge on any atom is 0.264 e. The third-order valence-electron chi connectivity index (χ3n) is 5.65. The van der Waals surface area contributed by atoms with Crippen molar-refractivity contribution in [3.05, 3.63) is 107 Å². The first-order valence-corrected chi connectivity index (χ1v) is 15.9. The fourth-order valence-corrected chi connectivity index (χ4v) is 6.59. The highest BCUT2D eigenvalue weighted by Crippen LogP contribution is 2.33. The molecule has 4 rings (SSSR count). The summed E-state index contributed by atoms with van der Waals surface area (Å²) < 4.78 is 61.9. The standard InChI is InChI=1S/C28H25Cl2N3O6S2/c1-2-39-27-9-4-3-8-26(27)33(41(37,38)25-14-10-20(29)11-15-25)19-28(34)31-22-12-16-24(17-13-22)40(35,36)32-23-7-5-6-21(30)18-23/h3-18,32H,2,19H2,1H3,(H,31,34). The predicted octanol–water partition coefficient (Wildman–Crippen LogP) is 6.03. The van der Waals surface area contributed by atoms with E-state index in [0.717, 1.165) is 4.31 Å². The Labute approximate surface area is 248 Å². The van der Waals surface area contributed by atoms with Crippen molar-refractivity contribution in [3.63, 3.8) is 0 Å². The van der Waals surface area contributed by atoms with E-state index in [1.54, 1.807) is 43.3 Å².